The van der Waals surface area contributed by atoms with Crippen LogP contribution in [-0.4, -0.2) is 16.7 Å². The van der Waals surface area contributed by atoms with Crippen LogP contribution < -0.4 is 16.0 Å². The number of hydrogen-bond donors (Lipinski definition) is 1. The molecule has 1 heterocycles. The van der Waals surface area contributed by atoms with E-state index in [1.54, 1.807) is 12.1 Å². The van der Waals surface area contributed by atoms with Crippen LogP contribution in [0.1, 0.15) is 0 Å². The Bertz CT molecular complexity index is 706. The summed E-state index contributed by atoms with van der Waals surface area (Å²) in [6.07, 6.45) is 0. The molecule has 0 atom stereocenters. The summed E-state index contributed by atoms with van der Waals surface area (Å²) in [7, 11) is 1.36. The third-order valence-electron chi connectivity index (χ3n) is 2.28. The van der Waals surface area contributed by atoms with E-state index in [0.717, 1.165) is 0 Å². The van der Waals surface area contributed by atoms with Crippen LogP contribution in [0.3, 0.4) is 0 Å². The van der Waals surface area contributed by atoms with Crippen LogP contribution in [0.25, 0.3) is 5.69 Å². The third-order valence-corrected chi connectivity index (χ3v) is 3.02. The van der Waals surface area contributed by atoms with Crippen molar-refractivity contribution < 1.29 is 4.74 Å². The van der Waals surface area contributed by atoms with Crippen LogP contribution in [0.2, 0.25) is 10.0 Å². The van der Waals surface area contributed by atoms with Gasteiger partial charge in [-0.05, 0) is 18.2 Å². The predicted octanol–water partition coefficient (Wildman–Crippen LogP) is 1.84. The van der Waals surface area contributed by atoms with Crippen molar-refractivity contribution in [1.29, 1.82) is 0 Å². The van der Waals surface area contributed by atoms with Crippen LogP contribution in [0.4, 0.5) is 0 Å². The minimum absolute atomic E-state index is 0.113. The lowest BCUT2D eigenvalue weighted by Gasteiger charge is -2.10. The van der Waals surface area contributed by atoms with Crippen molar-refractivity contribution in [3.63, 3.8) is 0 Å². The van der Waals surface area contributed by atoms with Crippen LogP contribution in [0.15, 0.2) is 33.9 Å². The molecule has 0 aliphatic carbocycles. The Morgan fingerprint density at radius 1 is 1.17 bits per heavy atom. The highest BCUT2D eigenvalue weighted by molar-refractivity contribution is 6.42. The van der Waals surface area contributed by atoms with Crippen molar-refractivity contribution in [2.24, 2.45) is 0 Å². The second kappa shape index (κ2) is 4.88. The van der Waals surface area contributed by atoms with Crippen molar-refractivity contribution in [2.45, 2.75) is 0 Å². The molecule has 7 heteroatoms. The van der Waals surface area contributed by atoms with Crippen LogP contribution in [0, 0.1) is 0 Å². The summed E-state index contributed by atoms with van der Waals surface area (Å²) >= 11 is 11.7. The second-order valence-corrected chi connectivity index (χ2v) is 4.23. The van der Waals surface area contributed by atoms with Gasteiger partial charge >= 0.3 is 5.69 Å². The molecule has 0 saturated heterocycles. The van der Waals surface area contributed by atoms with E-state index in [-0.39, 0.29) is 5.88 Å². The molecule has 0 amide bonds. The molecule has 0 saturated carbocycles. The molecule has 2 rings (SSSR count). The molecule has 0 bridgehead atoms. The van der Waals surface area contributed by atoms with Crippen molar-refractivity contribution >= 4 is 23.2 Å². The average molecular weight is 287 g/mol. The number of rotatable bonds is 2. The number of hydrogen-bond acceptors (Lipinski definition) is 3. The van der Waals surface area contributed by atoms with Crippen molar-refractivity contribution in [3.05, 3.63) is 55.1 Å². The molecule has 5 nitrogen and oxygen atoms in total. The minimum atomic E-state index is -0.613. The number of aromatic nitrogens is 2. The number of nitrogens with one attached hydrogen (secondary N) is 1. The highest BCUT2D eigenvalue weighted by atomic mass is 35.5. The summed E-state index contributed by atoms with van der Waals surface area (Å²) in [4.78, 5) is 25.1. The number of H-pyrrole nitrogens is 1. The minimum Gasteiger partial charge on any atom is -0.482 e. The monoisotopic (exact) mass is 286 g/mol. The van der Waals surface area contributed by atoms with Crippen LogP contribution in [0.5, 0.6) is 5.88 Å². The SMILES string of the molecule is COc1cc(=O)[nH]c(=O)n1-c1ccc(Cl)c(Cl)c1. The molecule has 2 aromatic rings. The fraction of sp³-hybridized carbons (Fsp3) is 0.0909. The lowest BCUT2D eigenvalue weighted by molar-refractivity contribution is 0.381. The normalized spacial score (nSPS) is 10.4. The topological polar surface area (TPSA) is 64.1 Å². The molecule has 1 aromatic carbocycles. The van der Waals surface area contributed by atoms with Crippen LogP contribution in [-0.2, 0) is 0 Å². The Labute approximate surface area is 112 Å². The van der Waals surface area contributed by atoms with Gasteiger partial charge in [-0.3, -0.25) is 9.78 Å². The molecule has 1 N–H and O–H groups in total. The fourth-order valence-corrected chi connectivity index (χ4v) is 1.79. The summed E-state index contributed by atoms with van der Waals surface area (Å²) in [6.45, 7) is 0. The molecular formula is C11H8Cl2N2O3. The Hall–Kier alpha value is -1.72. The molecule has 0 aliphatic heterocycles. The van der Waals surface area contributed by atoms with E-state index in [0.29, 0.717) is 15.7 Å². The first-order valence-corrected chi connectivity index (χ1v) is 5.64. The van der Waals surface area contributed by atoms with E-state index >= 15 is 0 Å². The summed E-state index contributed by atoms with van der Waals surface area (Å²) < 4.78 is 6.18. The predicted molar refractivity (Wildman–Crippen MR) is 69.2 cm³/mol. The molecule has 0 radical (unpaired) electrons. The van der Waals surface area contributed by atoms with Gasteiger partial charge in [0.2, 0.25) is 5.88 Å². The Morgan fingerprint density at radius 2 is 1.89 bits per heavy atom. The van der Waals surface area contributed by atoms with E-state index in [2.05, 4.69) is 4.98 Å². The van der Waals surface area contributed by atoms with Crippen molar-refractivity contribution in [2.75, 3.05) is 7.11 Å². The first kappa shape index (κ1) is 12.7. The lowest BCUT2D eigenvalue weighted by Crippen LogP contribution is -2.29. The van der Waals surface area contributed by atoms with Gasteiger partial charge in [0.15, 0.2) is 0 Å². The number of ether oxygens (including phenoxy) is 1. The zero-order chi connectivity index (χ0) is 13.3. The van der Waals surface area contributed by atoms with Gasteiger partial charge in [0.25, 0.3) is 5.56 Å². The van der Waals surface area contributed by atoms with Gasteiger partial charge in [-0.2, -0.15) is 0 Å². The molecule has 1 aromatic heterocycles. The third kappa shape index (κ3) is 2.27. The molecule has 18 heavy (non-hydrogen) atoms. The highest BCUT2D eigenvalue weighted by Crippen LogP contribution is 2.25. The summed E-state index contributed by atoms with van der Waals surface area (Å²) in [5.74, 6) is 0.113. The van der Waals surface area contributed by atoms with Gasteiger partial charge in [0, 0.05) is 0 Å². The smallest absolute Gasteiger partial charge is 0.335 e. The number of aromatic amines is 1. The lowest BCUT2D eigenvalue weighted by atomic mass is 10.3. The highest BCUT2D eigenvalue weighted by Gasteiger charge is 2.10. The quantitative estimate of drug-likeness (QED) is 0.916. The van der Waals surface area contributed by atoms with Gasteiger partial charge in [-0.15, -0.1) is 0 Å². The number of benzene rings is 1. The van der Waals surface area contributed by atoms with Gasteiger partial charge < -0.3 is 4.74 Å². The summed E-state index contributed by atoms with van der Waals surface area (Å²) in [5, 5.41) is 0.672. The maximum atomic E-state index is 11.8. The number of nitrogens with zero attached hydrogens (tertiary/aromatic N) is 1. The van der Waals surface area contributed by atoms with E-state index in [1.807, 2.05) is 0 Å². The fourth-order valence-electron chi connectivity index (χ4n) is 1.49. The first-order chi connectivity index (χ1) is 8.52. The van der Waals surface area contributed by atoms with E-state index in [9.17, 15) is 9.59 Å². The Kier molecular flexibility index (Phi) is 3.45. The maximum Gasteiger partial charge on any atom is 0.335 e. The van der Waals surface area contributed by atoms with Gasteiger partial charge in [-0.25, -0.2) is 9.36 Å². The zero-order valence-electron chi connectivity index (χ0n) is 9.24. The maximum absolute atomic E-state index is 11.8. The summed E-state index contributed by atoms with van der Waals surface area (Å²) in [5.41, 5.74) is -0.701. The van der Waals surface area contributed by atoms with E-state index in [4.69, 9.17) is 27.9 Å². The first-order valence-electron chi connectivity index (χ1n) is 4.88. The van der Waals surface area contributed by atoms with Gasteiger partial charge in [-0.1, -0.05) is 23.2 Å². The molecule has 0 aliphatic rings. The van der Waals surface area contributed by atoms with E-state index in [1.165, 1.54) is 23.8 Å². The average Bonchev–Trinajstić information content (AvgIpc) is 2.32. The Balaban J connectivity index is 2.74. The van der Waals surface area contributed by atoms with Gasteiger partial charge in [0.1, 0.15) is 0 Å². The Morgan fingerprint density at radius 3 is 2.50 bits per heavy atom. The van der Waals surface area contributed by atoms with Crippen molar-refractivity contribution in [1.82, 2.24) is 9.55 Å². The van der Waals surface area contributed by atoms with Gasteiger partial charge in [0.05, 0.1) is 28.9 Å². The van der Waals surface area contributed by atoms with Crippen LogP contribution >= 0.6 is 23.2 Å². The zero-order valence-corrected chi connectivity index (χ0v) is 10.7. The molecule has 0 unspecified atom stereocenters. The standard InChI is InChI=1S/C11H8Cl2N2O3/c1-18-10-5-9(16)14-11(17)15(10)6-2-3-7(12)8(13)4-6/h2-5H,1H3,(H,14,16,17). The largest absolute Gasteiger partial charge is 0.482 e. The molecule has 0 spiro atoms. The molecule has 0 fully saturated rings. The number of halogens is 2. The molecular weight excluding hydrogens is 279 g/mol. The second-order valence-electron chi connectivity index (χ2n) is 3.41. The van der Waals surface area contributed by atoms with E-state index < -0.39 is 11.2 Å². The van der Waals surface area contributed by atoms with Crippen molar-refractivity contribution in [3.8, 4) is 11.6 Å². The number of methoxy groups -OCH3 is 1. The summed E-state index contributed by atoms with van der Waals surface area (Å²) in [6, 6.07) is 5.82. The molecule has 94 valence electrons.